The lowest BCUT2D eigenvalue weighted by molar-refractivity contribution is 0.216. The van der Waals surface area contributed by atoms with Gasteiger partial charge in [-0.1, -0.05) is 0 Å². The Morgan fingerprint density at radius 2 is 2.25 bits per heavy atom. The molecular formula is C12H19N3S. The first kappa shape index (κ1) is 10.7. The van der Waals surface area contributed by atoms with Gasteiger partial charge in [0.05, 0.1) is 5.51 Å². The van der Waals surface area contributed by atoms with E-state index in [1.165, 1.54) is 50.3 Å². The van der Waals surface area contributed by atoms with Gasteiger partial charge in [-0.05, 0) is 38.9 Å². The molecule has 0 aliphatic carbocycles. The highest BCUT2D eigenvalue weighted by atomic mass is 32.1. The summed E-state index contributed by atoms with van der Waals surface area (Å²) in [6.45, 7) is 6.26. The molecular weight excluding hydrogens is 218 g/mol. The Balaban J connectivity index is 1.63. The molecule has 1 aromatic heterocycles. The van der Waals surface area contributed by atoms with Gasteiger partial charge in [-0.25, -0.2) is 0 Å². The van der Waals surface area contributed by atoms with E-state index in [9.17, 15) is 0 Å². The number of aromatic nitrogens is 1. The zero-order valence-electron chi connectivity index (χ0n) is 9.64. The minimum atomic E-state index is 0.829. The first-order valence-corrected chi connectivity index (χ1v) is 7.13. The van der Waals surface area contributed by atoms with Crippen molar-refractivity contribution in [3.8, 4) is 0 Å². The van der Waals surface area contributed by atoms with E-state index in [1.807, 2.05) is 11.7 Å². The molecule has 4 heteroatoms. The van der Waals surface area contributed by atoms with E-state index in [0.717, 1.165) is 12.6 Å². The Labute approximate surface area is 101 Å². The van der Waals surface area contributed by atoms with E-state index in [1.54, 1.807) is 11.3 Å². The normalized spacial score (nSPS) is 27.9. The number of thiazole rings is 1. The zero-order chi connectivity index (χ0) is 10.8. The average molecular weight is 237 g/mol. The molecule has 0 N–H and O–H groups in total. The molecule has 0 saturated carbocycles. The number of hydrogen-bond acceptors (Lipinski definition) is 4. The number of hydrogen-bond donors (Lipinski definition) is 0. The Morgan fingerprint density at radius 1 is 1.31 bits per heavy atom. The predicted octanol–water partition coefficient (Wildman–Crippen LogP) is 1.81. The fourth-order valence-electron chi connectivity index (χ4n) is 2.97. The predicted molar refractivity (Wildman–Crippen MR) is 66.6 cm³/mol. The van der Waals surface area contributed by atoms with Crippen LogP contribution in [0.3, 0.4) is 0 Å². The highest BCUT2D eigenvalue weighted by Gasteiger charge is 2.28. The standard InChI is InChI=1S/C12H19N3S/c1-3-11-8-14(4-2-6-15(11)5-1)9-12-7-13-10-16-12/h7,10-11H,1-6,8-9H2. The van der Waals surface area contributed by atoms with E-state index >= 15 is 0 Å². The van der Waals surface area contributed by atoms with Gasteiger partial charge in [0.2, 0.25) is 0 Å². The molecule has 0 amide bonds. The lowest BCUT2D eigenvalue weighted by Crippen LogP contribution is -2.36. The summed E-state index contributed by atoms with van der Waals surface area (Å²) in [6.07, 6.45) is 6.15. The molecule has 0 bridgehead atoms. The Hall–Kier alpha value is -0.450. The molecule has 3 nitrogen and oxygen atoms in total. The molecule has 2 saturated heterocycles. The molecule has 1 unspecified atom stereocenters. The summed E-state index contributed by atoms with van der Waals surface area (Å²) in [4.78, 5) is 10.9. The number of nitrogens with zero attached hydrogens (tertiary/aromatic N) is 3. The van der Waals surface area contributed by atoms with Crippen LogP contribution >= 0.6 is 11.3 Å². The molecule has 2 fully saturated rings. The van der Waals surface area contributed by atoms with Crippen molar-refractivity contribution in [3.05, 3.63) is 16.6 Å². The summed E-state index contributed by atoms with van der Waals surface area (Å²) in [7, 11) is 0. The van der Waals surface area contributed by atoms with Crippen molar-refractivity contribution in [1.82, 2.24) is 14.8 Å². The lowest BCUT2D eigenvalue weighted by Gasteiger charge is -2.24. The Morgan fingerprint density at radius 3 is 3.12 bits per heavy atom. The third kappa shape index (κ3) is 2.29. The Bertz CT molecular complexity index is 325. The van der Waals surface area contributed by atoms with Crippen LogP contribution in [0.25, 0.3) is 0 Å². The molecule has 16 heavy (non-hydrogen) atoms. The van der Waals surface area contributed by atoms with Crippen molar-refractivity contribution < 1.29 is 0 Å². The fourth-order valence-corrected chi connectivity index (χ4v) is 3.60. The van der Waals surface area contributed by atoms with Gasteiger partial charge in [0.1, 0.15) is 0 Å². The van der Waals surface area contributed by atoms with Crippen LogP contribution < -0.4 is 0 Å². The largest absolute Gasteiger partial charge is 0.299 e. The smallest absolute Gasteiger partial charge is 0.0794 e. The van der Waals surface area contributed by atoms with Crippen molar-refractivity contribution in [2.75, 3.05) is 26.2 Å². The molecule has 1 atom stereocenters. The third-order valence-corrected chi connectivity index (χ3v) is 4.51. The minimum absolute atomic E-state index is 0.829. The fraction of sp³-hybridized carbons (Fsp3) is 0.750. The monoisotopic (exact) mass is 237 g/mol. The van der Waals surface area contributed by atoms with Crippen LogP contribution in [-0.2, 0) is 6.54 Å². The van der Waals surface area contributed by atoms with Crippen LogP contribution in [0.4, 0.5) is 0 Å². The second kappa shape index (κ2) is 4.82. The second-order valence-electron chi connectivity index (χ2n) is 4.89. The molecule has 0 aromatic carbocycles. The van der Waals surface area contributed by atoms with Crippen molar-refractivity contribution in [3.63, 3.8) is 0 Å². The van der Waals surface area contributed by atoms with E-state index in [-0.39, 0.29) is 0 Å². The maximum atomic E-state index is 4.16. The first-order valence-electron chi connectivity index (χ1n) is 6.25. The lowest BCUT2D eigenvalue weighted by atomic mass is 10.2. The van der Waals surface area contributed by atoms with Gasteiger partial charge < -0.3 is 0 Å². The maximum absolute atomic E-state index is 4.16. The zero-order valence-corrected chi connectivity index (χ0v) is 10.5. The molecule has 1 aromatic rings. The average Bonchev–Trinajstić information content (AvgIpc) is 2.88. The summed E-state index contributed by atoms with van der Waals surface area (Å²) in [5.74, 6) is 0. The molecule has 2 aliphatic rings. The van der Waals surface area contributed by atoms with Crippen LogP contribution in [0.5, 0.6) is 0 Å². The summed E-state index contributed by atoms with van der Waals surface area (Å²) >= 11 is 1.78. The summed E-state index contributed by atoms with van der Waals surface area (Å²) < 4.78 is 0. The van der Waals surface area contributed by atoms with Crippen LogP contribution in [0, 0.1) is 0 Å². The van der Waals surface area contributed by atoms with Gasteiger partial charge in [0.15, 0.2) is 0 Å². The van der Waals surface area contributed by atoms with Gasteiger partial charge in [-0.3, -0.25) is 14.8 Å². The minimum Gasteiger partial charge on any atom is -0.299 e. The Kier molecular flexibility index (Phi) is 3.22. The van der Waals surface area contributed by atoms with Crippen molar-refractivity contribution in [1.29, 1.82) is 0 Å². The highest BCUT2D eigenvalue weighted by molar-refractivity contribution is 7.09. The topological polar surface area (TPSA) is 19.4 Å². The molecule has 0 spiro atoms. The van der Waals surface area contributed by atoms with Crippen LogP contribution in [-0.4, -0.2) is 47.0 Å². The number of rotatable bonds is 2. The summed E-state index contributed by atoms with van der Waals surface area (Å²) in [6, 6.07) is 0.829. The summed E-state index contributed by atoms with van der Waals surface area (Å²) in [5, 5.41) is 0. The number of fused-ring (bicyclic) bond motifs is 1. The first-order chi connectivity index (χ1) is 7.92. The molecule has 3 heterocycles. The SMILES string of the molecule is c1ncc(CN2CCCN3CCCC3C2)s1. The van der Waals surface area contributed by atoms with Crippen molar-refractivity contribution in [2.45, 2.75) is 31.8 Å². The van der Waals surface area contributed by atoms with Crippen molar-refractivity contribution in [2.24, 2.45) is 0 Å². The molecule has 3 rings (SSSR count). The van der Waals surface area contributed by atoms with Gasteiger partial charge in [0.25, 0.3) is 0 Å². The van der Waals surface area contributed by atoms with Gasteiger partial charge in [-0.15, -0.1) is 11.3 Å². The second-order valence-corrected chi connectivity index (χ2v) is 5.86. The van der Waals surface area contributed by atoms with Gasteiger partial charge in [-0.2, -0.15) is 0 Å². The molecule has 2 aliphatic heterocycles. The molecule has 88 valence electrons. The van der Waals surface area contributed by atoms with E-state index in [4.69, 9.17) is 0 Å². The highest BCUT2D eigenvalue weighted by Crippen LogP contribution is 2.22. The maximum Gasteiger partial charge on any atom is 0.0794 e. The van der Waals surface area contributed by atoms with Crippen LogP contribution in [0.1, 0.15) is 24.1 Å². The summed E-state index contributed by atoms with van der Waals surface area (Å²) in [5.41, 5.74) is 1.94. The van der Waals surface area contributed by atoms with Crippen LogP contribution in [0.15, 0.2) is 11.7 Å². The molecule has 0 radical (unpaired) electrons. The van der Waals surface area contributed by atoms with E-state index in [2.05, 4.69) is 14.8 Å². The van der Waals surface area contributed by atoms with Gasteiger partial charge >= 0.3 is 0 Å². The van der Waals surface area contributed by atoms with Crippen molar-refractivity contribution >= 4 is 11.3 Å². The van der Waals surface area contributed by atoms with E-state index < -0.39 is 0 Å². The van der Waals surface area contributed by atoms with Crippen LogP contribution in [0.2, 0.25) is 0 Å². The van der Waals surface area contributed by atoms with Gasteiger partial charge in [0, 0.05) is 30.2 Å². The quantitative estimate of drug-likeness (QED) is 0.782. The third-order valence-electron chi connectivity index (χ3n) is 3.75. The van der Waals surface area contributed by atoms with E-state index in [0.29, 0.717) is 0 Å².